The minimum atomic E-state index is -3.12. The van der Waals surface area contributed by atoms with E-state index >= 15 is 0 Å². The Hall–Kier alpha value is -0.750. The van der Waals surface area contributed by atoms with Crippen molar-refractivity contribution in [2.24, 2.45) is 0 Å². The van der Waals surface area contributed by atoms with Gasteiger partial charge in [-0.25, -0.2) is 0 Å². The van der Waals surface area contributed by atoms with Gasteiger partial charge in [0.05, 0.1) is 44.8 Å². The molecule has 7 heteroatoms. The van der Waals surface area contributed by atoms with Gasteiger partial charge >= 0.3 is 7.60 Å². The van der Waals surface area contributed by atoms with Gasteiger partial charge in [-0.15, -0.1) is 0 Å². The van der Waals surface area contributed by atoms with E-state index in [2.05, 4.69) is 0 Å². The van der Waals surface area contributed by atoms with Crippen LogP contribution in [-0.2, 0) is 25.0 Å². The maximum absolute atomic E-state index is 12.3. The van der Waals surface area contributed by atoms with E-state index in [1.807, 2.05) is 30.3 Å². The van der Waals surface area contributed by atoms with Gasteiger partial charge in [-0.3, -0.25) is 4.57 Å². The van der Waals surface area contributed by atoms with Gasteiger partial charge in [0.2, 0.25) is 0 Å². The molecule has 2 atom stereocenters. The minimum Gasteiger partial charge on any atom is -0.393 e. The lowest BCUT2D eigenvalue weighted by molar-refractivity contribution is 0.0164. The van der Waals surface area contributed by atoms with Crippen LogP contribution in [0.2, 0.25) is 0 Å². The topological polar surface area (TPSA) is 85.2 Å². The van der Waals surface area contributed by atoms with Gasteiger partial charge in [0.1, 0.15) is 0 Å². The van der Waals surface area contributed by atoms with Gasteiger partial charge in [-0.2, -0.15) is 0 Å². The van der Waals surface area contributed by atoms with Crippen LogP contribution in [0.25, 0.3) is 0 Å². The Balaban J connectivity index is 2.19. The molecule has 0 aliphatic rings. The summed E-state index contributed by atoms with van der Waals surface area (Å²) >= 11 is 0. The molecule has 6 nitrogen and oxygen atoms in total. The number of hydrogen-bond donors (Lipinski definition) is 2. The second-order valence-corrected chi connectivity index (χ2v) is 8.03. The molecule has 25 heavy (non-hydrogen) atoms. The van der Waals surface area contributed by atoms with Crippen molar-refractivity contribution in [2.45, 2.75) is 51.9 Å². The highest BCUT2D eigenvalue weighted by molar-refractivity contribution is 7.53. The molecule has 1 aromatic rings. The number of hydrogen-bond acceptors (Lipinski definition) is 6. The number of benzene rings is 1. The lowest BCUT2D eigenvalue weighted by Gasteiger charge is -2.19. The van der Waals surface area contributed by atoms with Crippen molar-refractivity contribution < 1.29 is 28.6 Å². The lowest BCUT2D eigenvalue weighted by Crippen LogP contribution is -2.19. The summed E-state index contributed by atoms with van der Waals surface area (Å²) in [6.07, 6.45) is 0.0325. The van der Waals surface area contributed by atoms with Gasteiger partial charge < -0.3 is 24.0 Å². The Morgan fingerprint density at radius 2 is 1.56 bits per heavy atom. The Kier molecular flexibility index (Phi) is 11.2. The summed E-state index contributed by atoms with van der Waals surface area (Å²) in [5, 5.41) is 19.9. The zero-order chi connectivity index (χ0) is 18.5. The minimum absolute atomic E-state index is 0.177. The lowest BCUT2D eigenvalue weighted by atomic mass is 10.1. The second-order valence-electron chi connectivity index (χ2n) is 5.84. The van der Waals surface area contributed by atoms with Crippen LogP contribution in [0.1, 0.15) is 38.7 Å². The summed E-state index contributed by atoms with van der Waals surface area (Å²) in [6.45, 7) is 4.81. The molecule has 2 unspecified atom stereocenters. The molecule has 2 N–H and O–H groups in total. The van der Waals surface area contributed by atoms with Crippen LogP contribution >= 0.6 is 7.60 Å². The number of aliphatic hydroxyl groups excluding tert-OH is 2. The number of aliphatic hydroxyl groups is 2. The molecule has 0 aliphatic carbocycles. The molecule has 0 fully saturated rings. The SMILES string of the molecule is CCOP(=O)(CCC(O)CCC(O)COCc1ccccc1)OCC. The summed E-state index contributed by atoms with van der Waals surface area (Å²) in [5.74, 6) is 0. The summed E-state index contributed by atoms with van der Waals surface area (Å²) in [5.41, 5.74) is 1.05. The monoisotopic (exact) mass is 374 g/mol. The molecule has 0 aliphatic heterocycles. The molecule has 0 spiro atoms. The maximum atomic E-state index is 12.3. The van der Waals surface area contributed by atoms with Gasteiger partial charge in [-0.1, -0.05) is 30.3 Å². The Labute approximate surface area is 150 Å². The van der Waals surface area contributed by atoms with Crippen LogP contribution in [0, 0.1) is 0 Å². The third-order valence-electron chi connectivity index (χ3n) is 3.64. The van der Waals surface area contributed by atoms with E-state index in [1.165, 1.54) is 0 Å². The average molecular weight is 374 g/mol. The molecule has 0 saturated carbocycles. The summed E-state index contributed by atoms with van der Waals surface area (Å²) in [4.78, 5) is 0. The summed E-state index contributed by atoms with van der Waals surface area (Å²) < 4.78 is 28.2. The fraction of sp³-hybridized carbons (Fsp3) is 0.667. The van der Waals surface area contributed by atoms with E-state index in [4.69, 9.17) is 13.8 Å². The van der Waals surface area contributed by atoms with Gasteiger partial charge in [0.15, 0.2) is 0 Å². The highest BCUT2D eigenvalue weighted by atomic mass is 31.2. The van der Waals surface area contributed by atoms with Gasteiger partial charge in [0, 0.05) is 0 Å². The van der Waals surface area contributed by atoms with Crippen molar-refractivity contribution in [3.8, 4) is 0 Å². The first-order valence-corrected chi connectivity index (χ1v) is 10.6. The quantitative estimate of drug-likeness (QED) is 0.486. The van der Waals surface area contributed by atoms with Crippen molar-refractivity contribution in [3.05, 3.63) is 35.9 Å². The van der Waals surface area contributed by atoms with Crippen molar-refractivity contribution >= 4 is 7.60 Å². The third kappa shape index (κ3) is 10.1. The fourth-order valence-corrected chi connectivity index (χ4v) is 4.10. The molecule has 1 rings (SSSR count). The largest absolute Gasteiger partial charge is 0.393 e. The molecule has 0 radical (unpaired) electrons. The van der Waals surface area contributed by atoms with Gasteiger partial charge in [-0.05, 0) is 38.7 Å². The zero-order valence-corrected chi connectivity index (χ0v) is 16.1. The zero-order valence-electron chi connectivity index (χ0n) is 15.2. The molecule has 0 amide bonds. The van der Waals surface area contributed by atoms with Crippen LogP contribution in [0.5, 0.6) is 0 Å². The van der Waals surface area contributed by atoms with Gasteiger partial charge in [0.25, 0.3) is 0 Å². The molecule has 0 aromatic heterocycles. The highest BCUT2D eigenvalue weighted by Crippen LogP contribution is 2.48. The van der Waals surface area contributed by atoms with Crippen LogP contribution < -0.4 is 0 Å². The molecule has 0 heterocycles. The van der Waals surface area contributed by atoms with Crippen molar-refractivity contribution in [1.82, 2.24) is 0 Å². The first-order valence-electron chi connectivity index (χ1n) is 8.85. The first kappa shape index (κ1) is 22.3. The first-order chi connectivity index (χ1) is 12.0. The average Bonchev–Trinajstić information content (AvgIpc) is 2.60. The van der Waals surface area contributed by atoms with E-state index in [1.54, 1.807) is 13.8 Å². The normalized spacial score (nSPS) is 14.4. The smallest absolute Gasteiger partial charge is 0.330 e. The van der Waals surface area contributed by atoms with E-state index in [0.717, 1.165) is 5.56 Å². The predicted octanol–water partition coefficient (Wildman–Crippen LogP) is 3.36. The predicted molar refractivity (Wildman–Crippen MR) is 97.7 cm³/mol. The van der Waals surface area contributed by atoms with E-state index in [0.29, 0.717) is 39.1 Å². The third-order valence-corrected chi connectivity index (χ3v) is 5.75. The highest BCUT2D eigenvalue weighted by Gasteiger charge is 2.24. The molecular formula is C18H31O6P. The maximum Gasteiger partial charge on any atom is 0.330 e. The fourth-order valence-electron chi connectivity index (χ4n) is 2.37. The van der Waals surface area contributed by atoms with E-state index in [-0.39, 0.29) is 12.8 Å². The van der Waals surface area contributed by atoms with E-state index < -0.39 is 19.8 Å². The molecular weight excluding hydrogens is 343 g/mol. The van der Waals surface area contributed by atoms with Crippen molar-refractivity contribution in [2.75, 3.05) is 26.0 Å². The van der Waals surface area contributed by atoms with Crippen molar-refractivity contribution in [3.63, 3.8) is 0 Å². The van der Waals surface area contributed by atoms with Crippen LogP contribution in [0.15, 0.2) is 30.3 Å². The summed E-state index contributed by atoms with van der Waals surface area (Å²) in [7, 11) is -3.12. The van der Waals surface area contributed by atoms with Crippen LogP contribution in [0.3, 0.4) is 0 Å². The second kappa shape index (κ2) is 12.6. The van der Waals surface area contributed by atoms with Crippen LogP contribution in [0.4, 0.5) is 0 Å². The van der Waals surface area contributed by atoms with Crippen LogP contribution in [-0.4, -0.2) is 48.4 Å². The van der Waals surface area contributed by atoms with E-state index in [9.17, 15) is 14.8 Å². The molecule has 1 aromatic carbocycles. The molecule has 0 bridgehead atoms. The molecule has 0 saturated heterocycles. The standard InChI is InChI=1S/C18H31O6P/c1-3-23-25(21,24-4-2)13-12-17(19)10-11-18(20)15-22-14-16-8-6-5-7-9-16/h5-9,17-20H,3-4,10-15H2,1-2H3. The Morgan fingerprint density at radius 1 is 0.960 bits per heavy atom. The molecule has 144 valence electrons. The Bertz CT molecular complexity index is 486. The number of rotatable bonds is 14. The number of ether oxygens (including phenoxy) is 1. The summed E-state index contributed by atoms with van der Waals surface area (Å²) in [6, 6.07) is 9.75. The Morgan fingerprint density at radius 3 is 2.16 bits per heavy atom. The van der Waals surface area contributed by atoms with Crippen molar-refractivity contribution in [1.29, 1.82) is 0 Å².